The van der Waals surface area contributed by atoms with Crippen LogP contribution in [0, 0.1) is 11.3 Å². The summed E-state index contributed by atoms with van der Waals surface area (Å²) in [4.78, 5) is 29.2. The van der Waals surface area contributed by atoms with Crippen molar-refractivity contribution in [1.29, 1.82) is 0 Å². The average molecular weight is 321 g/mol. The van der Waals surface area contributed by atoms with Crippen LogP contribution in [0.15, 0.2) is 0 Å². The molecule has 5 nitrogen and oxygen atoms in total. The molecule has 2 atom stereocenters. The van der Waals surface area contributed by atoms with Crippen molar-refractivity contribution in [2.45, 2.75) is 77.3 Å². The molecule has 1 spiro atoms. The van der Waals surface area contributed by atoms with Gasteiger partial charge < -0.3 is 5.32 Å². The fourth-order valence-electron chi connectivity index (χ4n) is 5.32. The summed E-state index contributed by atoms with van der Waals surface area (Å²) in [5.74, 6) is 0.447. The summed E-state index contributed by atoms with van der Waals surface area (Å²) in [6, 6.07) is 0.304. The number of nitrogens with zero attached hydrogens (tertiary/aromatic N) is 2. The van der Waals surface area contributed by atoms with Crippen LogP contribution in [0.1, 0.15) is 65.7 Å². The molecule has 3 aliphatic rings. The topological polar surface area (TPSA) is 52.7 Å². The van der Waals surface area contributed by atoms with E-state index in [0.717, 1.165) is 19.3 Å². The molecule has 1 N–H and O–H groups in total. The number of amides is 3. The molecule has 1 saturated heterocycles. The summed E-state index contributed by atoms with van der Waals surface area (Å²) in [5.41, 5.74) is -0.581. The lowest BCUT2D eigenvalue weighted by Crippen LogP contribution is -2.54. The van der Waals surface area contributed by atoms with Gasteiger partial charge in [0.1, 0.15) is 5.54 Å². The van der Waals surface area contributed by atoms with Crippen LogP contribution in [-0.4, -0.2) is 47.0 Å². The molecule has 2 saturated carbocycles. The van der Waals surface area contributed by atoms with Crippen LogP contribution < -0.4 is 5.32 Å². The van der Waals surface area contributed by atoms with Crippen molar-refractivity contribution in [3.8, 4) is 0 Å². The fraction of sp³-hybridized carbons (Fsp3) is 0.889. The summed E-state index contributed by atoms with van der Waals surface area (Å²) < 4.78 is 0. The molecule has 0 bridgehead atoms. The number of hydrogen-bond donors (Lipinski definition) is 1. The number of carbonyl (C=O) groups is 2. The van der Waals surface area contributed by atoms with Crippen LogP contribution >= 0.6 is 0 Å². The zero-order chi connectivity index (χ0) is 16.8. The Bertz CT molecular complexity index is 498. The summed E-state index contributed by atoms with van der Waals surface area (Å²) in [6.45, 7) is 7.02. The summed E-state index contributed by atoms with van der Waals surface area (Å²) in [7, 11) is 2.04. The molecule has 5 heteroatoms. The monoisotopic (exact) mass is 321 g/mol. The predicted molar refractivity (Wildman–Crippen MR) is 89.8 cm³/mol. The maximum absolute atomic E-state index is 13.1. The average Bonchev–Trinajstić information content (AvgIpc) is 3.00. The van der Waals surface area contributed by atoms with Gasteiger partial charge in [0.05, 0.1) is 6.67 Å². The van der Waals surface area contributed by atoms with E-state index in [9.17, 15) is 9.59 Å². The van der Waals surface area contributed by atoms with Gasteiger partial charge in [-0.15, -0.1) is 0 Å². The van der Waals surface area contributed by atoms with Gasteiger partial charge in [-0.05, 0) is 50.5 Å². The van der Waals surface area contributed by atoms with Crippen LogP contribution in [0.5, 0.6) is 0 Å². The van der Waals surface area contributed by atoms with Gasteiger partial charge in [0.2, 0.25) is 0 Å². The Kier molecular flexibility index (Phi) is 4.20. The zero-order valence-corrected chi connectivity index (χ0v) is 15.0. The second-order valence-electron chi connectivity index (χ2n) is 8.94. The van der Waals surface area contributed by atoms with E-state index in [4.69, 9.17) is 0 Å². The van der Waals surface area contributed by atoms with Crippen LogP contribution in [0.4, 0.5) is 4.79 Å². The molecule has 0 aromatic carbocycles. The van der Waals surface area contributed by atoms with Crippen molar-refractivity contribution in [1.82, 2.24) is 15.1 Å². The van der Waals surface area contributed by atoms with Crippen molar-refractivity contribution in [2.24, 2.45) is 11.3 Å². The Labute approximate surface area is 139 Å². The van der Waals surface area contributed by atoms with Gasteiger partial charge in [-0.3, -0.25) is 9.69 Å². The molecule has 23 heavy (non-hydrogen) atoms. The molecule has 0 aromatic heterocycles. The van der Waals surface area contributed by atoms with E-state index in [1.165, 1.54) is 30.6 Å². The van der Waals surface area contributed by atoms with Crippen LogP contribution in [0.25, 0.3) is 0 Å². The molecule has 0 radical (unpaired) electrons. The Morgan fingerprint density at radius 2 is 1.87 bits per heavy atom. The van der Waals surface area contributed by atoms with Gasteiger partial charge in [0.15, 0.2) is 0 Å². The number of carbonyl (C=O) groups excluding carboxylic acids is 2. The first kappa shape index (κ1) is 16.7. The third-order valence-corrected chi connectivity index (χ3v) is 5.94. The van der Waals surface area contributed by atoms with Gasteiger partial charge in [-0.25, -0.2) is 9.69 Å². The standard InChI is InChI=1S/C18H31N3O2/c1-13-9-17(2,3)11-18(10-13)15(22)21(16(23)19-18)12-20(4)14-7-5-6-8-14/h13-14H,5-12H2,1-4H3,(H,19,23)/t13-,18+/m0/s1. The molecule has 3 fully saturated rings. The highest BCUT2D eigenvalue weighted by molar-refractivity contribution is 6.07. The van der Waals surface area contributed by atoms with E-state index < -0.39 is 5.54 Å². The number of urea groups is 1. The van der Waals surface area contributed by atoms with E-state index in [0.29, 0.717) is 18.6 Å². The highest BCUT2D eigenvalue weighted by Crippen LogP contribution is 2.46. The number of rotatable bonds is 3. The number of hydrogen-bond acceptors (Lipinski definition) is 3. The van der Waals surface area contributed by atoms with Crippen molar-refractivity contribution >= 4 is 11.9 Å². The summed E-state index contributed by atoms with van der Waals surface area (Å²) in [6.07, 6.45) is 7.49. The Balaban J connectivity index is 1.74. The maximum Gasteiger partial charge on any atom is 0.326 e. The Morgan fingerprint density at radius 1 is 1.22 bits per heavy atom. The van der Waals surface area contributed by atoms with E-state index in [1.807, 2.05) is 7.05 Å². The normalized spacial score (nSPS) is 34.7. The van der Waals surface area contributed by atoms with Crippen LogP contribution in [-0.2, 0) is 4.79 Å². The molecule has 130 valence electrons. The minimum absolute atomic E-state index is 0.00743. The number of imide groups is 1. The predicted octanol–water partition coefficient (Wildman–Crippen LogP) is 2.96. The maximum atomic E-state index is 13.1. The molecule has 1 aliphatic heterocycles. The molecular formula is C18H31N3O2. The van der Waals surface area contributed by atoms with Gasteiger partial charge in [0, 0.05) is 6.04 Å². The molecule has 3 amide bonds. The SMILES string of the molecule is C[C@H]1CC(C)(C)C[C@@]2(C1)NC(=O)N(CN(C)C1CCCC1)C2=O. The zero-order valence-electron chi connectivity index (χ0n) is 15.0. The smallest absolute Gasteiger partial charge is 0.323 e. The molecule has 3 rings (SSSR count). The molecule has 0 unspecified atom stereocenters. The third-order valence-electron chi connectivity index (χ3n) is 5.94. The van der Waals surface area contributed by atoms with Crippen molar-refractivity contribution < 1.29 is 9.59 Å². The minimum atomic E-state index is -0.672. The molecule has 1 heterocycles. The van der Waals surface area contributed by atoms with E-state index >= 15 is 0 Å². The van der Waals surface area contributed by atoms with Gasteiger partial charge in [-0.1, -0.05) is 33.6 Å². The largest absolute Gasteiger partial charge is 0.326 e. The van der Waals surface area contributed by atoms with Crippen molar-refractivity contribution in [3.63, 3.8) is 0 Å². The Hall–Kier alpha value is -1.10. The number of nitrogens with one attached hydrogen (secondary N) is 1. The van der Waals surface area contributed by atoms with E-state index in [-0.39, 0.29) is 17.4 Å². The van der Waals surface area contributed by atoms with E-state index in [1.54, 1.807) is 0 Å². The first-order valence-electron chi connectivity index (χ1n) is 9.07. The van der Waals surface area contributed by atoms with Crippen LogP contribution in [0.2, 0.25) is 0 Å². The van der Waals surface area contributed by atoms with Gasteiger partial charge >= 0.3 is 6.03 Å². The quantitative estimate of drug-likeness (QED) is 0.813. The third kappa shape index (κ3) is 3.12. The van der Waals surface area contributed by atoms with E-state index in [2.05, 4.69) is 31.0 Å². The molecule has 2 aliphatic carbocycles. The molecule has 0 aromatic rings. The highest BCUT2D eigenvalue weighted by atomic mass is 16.2. The second-order valence-corrected chi connectivity index (χ2v) is 8.94. The summed E-state index contributed by atoms with van der Waals surface area (Å²) in [5, 5.41) is 3.06. The van der Waals surface area contributed by atoms with Crippen molar-refractivity contribution in [3.05, 3.63) is 0 Å². The van der Waals surface area contributed by atoms with Crippen molar-refractivity contribution in [2.75, 3.05) is 13.7 Å². The Morgan fingerprint density at radius 3 is 2.48 bits per heavy atom. The molecular weight excluding hydrogens is 290 g/mol. The lowest BCUT2D eigenvalue weighted by Gasteiger charge is -2.44. The van der Waals surface area contributed by atoms with Gasteiger partial charge in [-0.2, -0.15) is 0 Å². The lowest BCUT2D eigenvalue weighted by atomic mass is 9.64. The first-order valence-corrected chi connectivity index (χ1v) is 9.07. The minimum Gasteiger partial charge on any atom is -0.323 e. The summed E-state index contributed by atoms with van der Waals surface area (Å²) >= 11 is 0. The van der Waals surface area contributed by atoms with Crippen LogP contribution in [0.3, 0.4) is 0 Å². The first-order chi connectivity index (χ1) is 10.7. The fourth-order valence-corrected chi connectivity index (χ4v) is 5.32. The highest BCUT2D eigenvalue weighted by Gasteiger charge is 2.56. The lowest BCUT2D eigenvalue weighted by molar-refractivity contribution is -0.136. The van der Waals surface area contributed by atoms with Gasteiger partial charge in [0.25, 0.3) is 5.91 Å². The second kappa shape index (κ2) is 5.76.